The minimum absolute atomic E-state index is 0.0593. The number of nitrogens with zero attached hydrogens (tertiary/aromatic N) is 3. The fraction of sp³-hybridized carbons (Fsp3) is 0.214. The monoisotopic (exact) mass is 467 g/mol. The maximum absolute atomic E-state index is 13.7. The number of imidazole rings is 1. The molecule has 0 aliphatic rings. The lowest BCUT2D eigenvalue weighted by atomic mass is 10.1. The van der Waals surface area contributed by atoms with Gasteiger partial charge in [0.25, 0.3) is 5.56 Å². The molecule has 2 heterocycles. The number of rotatable bonds is 8. The van der Waals surface area contributed by atoms with Gasteiger partial charge in [0, 0.05) is 17.6 Å². The van der Waals surface area contributed by atoms with Gasteiger partial charge < -0.3 is 24.9 Å². The lowest BCUT2D eigenvalue weighted by molar-refractivity contribution is 0.405. The summed E-state index contributed by atoms with van der Waals surface area (Å²) in [6.45, 7) is 2.27. The molecule has 0 atom stereocenters. The van der Waals surface area contributed by atoms with E-state index in [1.165, 1.54) is 0 Å². The molecule has 0 spiro atoms. The molecule has 0 fully saturated rings. The Morgan fingerprint density at radius 3 is 2.60 bits per heavy atom. The highest BCUT2D eigenvalue weighted by Gasteiger charge is 2.20. The minimum Gasteiger partial charge on any atom is -0.506 e. The molecule has 0 amide bonds. The zero-order valence-corrected chi connectivity index (χ0v) is 20.0. The molecule has 7 heteroatoms. The summed E-state index contributed by atoms with van der Waals surface area (Å²) in [5, 5.41) is 15.2. The van der Waals surface area contributed by atoms with E-state index in [2.05, 4.69) is 34.3 Å². The molecule has 35 heavy (non-hydrogen) atoms. The Morgan fingerprint density at radius 1 is 1.03 bits per heavy atom. The predicted octanol–water partition coefficient (Wildman–Crippen LogP) is 4.66. The first-order valence-corrected chi connectivity index (χ1v) is 11.8. The van der Waals surface area contributed by atoms with Crippen LogP contribution in [0.2, 0.25) is 0 Å². The highest BCUT2D eigenvalue weighted by molar-refractivity contribution is 5.92. The summed E-state index contributed by atoms with van der Waals surface area (Å²) in [5.74, 6) is 0.302. The van der Waals surface area contributed by atoms with Crippen molar-refractivity contribution in [2.45, 2.75) is 13.0 Å². The van der Waals surface area contributed by atoms with E-state index in [0.717, 1.165) is 41.8 Å². The maximum atomic E-state index is 13.7. The number of aromatic amines is 1. The molecule has 0 radical (unpaired) electrons. The second kappa shape index (κ2) is 9.64. The van der Waals surface area contributed by atoms with E-state index in [0.29, 0.717) is 23.3 Å². The van der Waals surface area contributed by atoms with E-state index in [9.17, 15) is 9.90 Å². The number of aromatic nitrogens is 3. The van der Waals surface area contributed by atoms with Crippen LogP contribution in [0.1, 0.15) is 12.0 Å². The fourth-order valence-electron chi connectivity index (χ4n) is 4.39. The Kier molecular flexibility index (Phi) is 6.25. The second-order valence-electron chi connectivity index (χ2n) is 9.02. The van der Waals surface area contributed by atoms with Crippen molar-refractivity contribution in [2.24, 2.45) is 0 Å². The third kappa shape index (κ3) is 4.63. The van der Waals surface area contributed by atoms with Crippen LogP contribution < -0.4 is 10.9 Å². The summed E-state index contributed by atoms with van der Waals surface area (Å²) in [4.78, 5) is 23.8. The van der Waals surface area contributed by atoms with Crippen molar-refractivity contribution in [1.82, 2.24) is 19.4 Å². The topological polar surface area (TPSA) is 86.2 Å². The molecule has 0 bridgehead atoms. The number of benzene rings is 3. The first-order valence-electron chi connectivity index (χ1n) is 11.8. The smallest absolute Gasteiger partial charge is 0.266 e. The fourth-order valence-corrected chi connectivity index (χ4v) is 4.39. The summed E-state index contributed by atoms with van der Waals surface area (Å²) >= 11 is 0. The van der Waals surface area contributed by atoms with Gasteiger partial charge in [-0.3, -0.25) is 4.79 Å². The molecule has 0 unspecified atom stereocenters. The molecule has 0 saturated heterocycles. The molecule has 0 aliphatic heterocycles. The van der Waals surface area contributed by atoms with Crippen molar-refractivity contribution in [2.75, 3.05) is 32.5 Å². The maximum Gasteiger partial charge on any atom is 0.266 e. The molecular weight excluding hydrogens is 438 g/mol. The average molecular weight is 468 g/mol. The third-order valence-corrected chi connectivity index (χ3v) is 6.16. The highest BCUT2D eigenvalue weighted by Crippen LogP contribution is 2.33. The van der Waals surface area contributed by atoms with Crippen molar-refractivity contribution < 1.29 is 5.11 Å². The van der Waals surface area contributed by atoms with Gasteiger partial charge in [0.15, 0.2) is 0 Å². The normalized spacial score (nSPS) is 11.5. The molecule has 5 aromatic rings. The Hall–Kier alpha value is -4.10. The molecule has 7 nitrogen and oxygen atoms in total. The number of hydrogen-bond donors (Lipinski definition) is 3. The van der Waals surface area contributed by atoms with Gasteiger partial charge in [-0.2, -0.15) is 0 Å². The first-order chi connectivity index (χ1) is 17.0. The van der Waals surface area contributed by atoms with Crippen LogP contribution >= 0.6 is 0 Å². The lowest BCUT2D eigenvalue weighted by Gasteiger charge is -2.14. The summed E-state index contributed by atoms with van der Waals surface area (Å²) < 4.78 is 1.70. The Bertz CT molecular complexity index is 1540. The summed E-state index contributed by atoms with van der Waals surface area (Å²) in [6, 6.07) is 23.1. The van der Waals surface area contributed by atoms with Gasteiger partial charge in [-0.05, 0) is 63.0 Å². The molecule has 2 aromatic heterocycles. The minimum atomic E-state index is -0.286. The largest absolute Gasteiger partial charge is 0.506 e. The average Bonchev–Trinajstić information content (AvgIpc) is 3.28. The van der Waals surface area contributed by atoms with Crippen molar-refractivity contribution >= 4 is 27.6 Å². The first kappa shape index (κ1) is 22.7. The predicted molar refractivity (Wildman–Crippen MR) is 142 cm³/mol. The van der Waals surface area contributed by atoms with Crippen molar-refractivity contribution in [3.63, 3.8) is 0 Å². The van der Waals surface area contributed by atoms with E-state index in [1.54, 1.807) is 4.57 Å². The molecule has 0 saturated carbocycles. The van der Waals surface area contributed by atoms with Gasteiger partial charge in [-0.1, -0.05) is 42.5 Å². The number of pyridine rings is 1. The van der Waals surface area contributed by atoms with Crippen LogP contribution in [0.5, 0.6) is 5.75 Å². The quantitative estimate of drug-likeness (QED) is 0.289. The Labute approximate surface area is 203 Å². The van der Waals surface area contributed by atoms with E-state index in [-0.39, 0.29) is 16.9 Å². The van der Waals surface area contributed by atoms with Crippen molar-refractivity contribution in [3.8, 4) is 17.1 Å². The number of para-hydroxylation sites is 1. The highest BCUT2D eigenvalue weighted by atomic mass is 16.3. The van der Waals surface area contributed by atoms with Gasteiger partial charge in [0.1, 0.15) is 17.1 Å². The van der Waals surface area contributed by atoms with Gasteiger partial charge in [-0.25, -0.2) is 4.98 Å². The van der Waals surface area contributed by atoms with Crippen LogP contribution in [0, 0.1) is 0 Å². The number of anilines is 1. The van der Waals surface area contributed by atoms with E-state index >= 15 is 0 Å². The molecule has 5 rings (SSSR count). The van der Waals surface area contributed by atoms with Gasteiger partial charge in [0.2, 0.25) is 0 Å². The SMILES string of the molecule is CN(C)CCCNc1ccc2nc(-c3c(O)c4ccccc4n(Cc4ccccc4)c3=O)[nH]c2c1. The summed E-state index contributed by atoms with van der Waals surface area (Å²) in [6.07, 6.45) is 1.03. The second-order valence-corrected chi connectivity index (χ2v) is 9.02. The van der Waals surface area contributed by atoms with Crippen LogP contribution in [0.25, 0.3) is 33.3 Å². The number of aromatic hydroxyl groups is 1. The molecule has 3 N–H and O–H groups in total. The van der Waals surface area contributed by atoms with Gasteiger partial charge in [0.05, 0.1) is 23.1 Å². The van der Waals surface area contributed by atoms with Crippen LogP contribution in [-0.4, -0.2) is 51.7 Å². The summed E-state index contributed by atoms with van der Waals surface area (Å²) in [5.41, 5.74) is 4.10. The molecule has 0 aliphatic carbocycles. The Morgan fingerprint density at radius 2 is 1.80 bits per heavy atom. The van der Waals surface area contributed by atoms with E-state index in [1.807, 2.05) is 72.8 Å². The van der Waals surface area contributed by atoms with Crippen LogP contribution in [0.4, 0.5) is 5.69 Å². The lowest BCUT2D eigenvalue weighted by Crippen LogP contribution is -2.23. The number of H-pyrrole nitrogens is 1. The van der Waals surface area contributed by atoms with Crippen molar-refractivity contribution in [1.29, 1.82) is 0 Å². The zero-order valence-electron chi connectivity index (χ0n) is 20.0. The molecular formula is C28H29N5O2. The summed E-state index contributed by atoms with van der Waals surface area (Å²) in [7, 11) is 4.13. The van der Waals surface area contributed by atoms with Crippen LogP contribution in [0.15, 0.2) is 77.6 Å². The molecule has 178 valence electrons. The zero-order chi connectivity index (χ0) is 24.4. The van der Waals surface area contributed by atoms with Crippen LogP contribution in [-0.2, 0) is 6.54 Å². The Balaban J connectivity index is 1.56. The number of nitrogens with one attached hydrogen (secondary N) is 2. The number of fused-ring (bicyclic) bond motifs is 2. The standard InChI is InChI=1S/C28H29N5O2/c1-32(2)16-8-15-29-20-13-14-22-23(17-20)31-27(30-22)25-26(34)21-11-6-7-12-24(21)33(28(25)35)18-19-9-4-3-5-10-19/h3-7,9-14,17,29,34H,8,15-16,18H2,1-2H3,(H,30,31). The van der Waals surface area contributed by atoms with E-state index < -0.39 is 0 Å². The van der Waals surface area contributed by atoms with Crippen LogP contribution in [0.3, 0.4) is 0 Å². The van der Waals surface area contributed by atoms with Gasteiger partial charge >= 0.3 is 0 Å². The van der Waals surface area contributed by atoms with E-state index in [4.69, 9.17) is 0 Å². The van der Waals surface area contributed by atoms with Crippen molar-refractivity contribution in [3.05, 3.63) is 88.7 Å². The molecule has 3 aromatic carbocycles. The van der Waals surface area contributed by atoms with Gasteiger partial charge in [-0.15, -0.1) is 0 Å². The number of hydrogen-bond acceptors (Lipinski definition) is 5. The third-order valence-electron chi connectivity index (χ3n) is 6.16.